The third kappa shape index (κ3) is 2.89. The molecule has 0 bridgehead atoms. The quantitative estimate of drug-likeness (QED) is 0.553. The van der Waals surface area contributed by atoms with E-state index in [1.165, 1.54) is 11.3 Å². The first-order valence-corrected chi connectivity index (χ1v) is 7.92. The monoisotopic (exact) mass is 328 g/mol. The summed E-state index contributed by atoms with van der Waals surface area (Å²) in [5, 5.41) is 5.38. The zero-order chi connectivity index (χ0) is 15.5. The minimum atomic E-state index is -0.295. The second-order valence-electron chi connectivity index (χ2n) is 4.80. The highest BCUT2D eigenvalue weighted by Gasteiger charge is 2.16. The van der Waals surface area contributed by atoms with Gasteiger partial charge in [-0.25, -0.2) is 5.43 Å². The van der Waals surface area contributed by atoms with E-state index in [9.17, 15) is 4.79 Å². The van der Waals surface area contributed by atoms with Crippen molar-refractivity contribution in [2.45, 2.75) is 6.92 Å². The van der Waals surface area contributed by atoms with Crippen molar-refractivity contribution in [1.29, 1.82) is 0 Å². The molecule has 0 unspecified atom stereocenters. The van der Waals surface area contributed by atoms with Gasteiger partial charge in [0.25, 0.3) is 5.91 Å². The van der Waals surface area contributed by atoms with Crippen molar-refractivity contribution in [3.8, 4) is 0 Å². The number of fused-ring (bicyclic) bond motifs is 1. The Morgan fingerprint density at radius 2 is 1.91 bits per heavy atom. The number of hydrazone groups is 1. The second-order valence-corrected chi connectivity index (χ2v) is 6.23. The first kappa shape index (κ1) is 14.8. The number of benzene rings is 2. The highest BCUT2D eigenvalue weighted by atomic mass is 35.5. The van der Waals surface area contributed by atoms with E-state index in [0.29, 0.717) is 9.90 Å². The molecule has 0 aliphatic heterocycles. The van der Waals surface area contributed by atoms with Gasteiger partial charge in [-0.15, -0.1) is 11.3 Å². The number of nitrogens with zero attached hydrogens (tertiary/aromatic N) is 1. The summed E-state index contributed by atoms with van der Waals surface area (Å²) in [7, 11) is 0. The summed E-state index contributed by atoms with van der Waals surface area (Å²) in [6, 6.07) is 15.5. The SMILES string of the molecule is Cc1ccccc1/C=N\NC(=O)c1sc2ccccc2c1Cl. The van der Waals surface area contributed by atoms with Gasteiger partial charge in [-0.05, 0) is 24.1 Å². The lowest BCUT2D eigenvalue weighted by Gasteiger charge is -1.99. The van der Waals surface area contributed by atoms with Gasteiger partial charge < -0.3 is 0 Å². The molecule has 1 amide bonds. The number of aryl methyl sites for hydroxylation is 1. The molecule has 0 saturated carbocycles. The predicted molar refractivity (Wildman–Crippen MR) is 93.1 cm³/mol. The number of carbonyl (C=O) groups excluding carboxylic acids is 1. The van der Waals surface area contributed by atoms with Crippen molar-refractivity contribution in [2.75, 3.05) is 0 Å². The van der Waals surface area contributed by atoms with Crippen LogP contribution in [0.25, 0.3) is 10.1 Å². The fourth-order valence-electron chi connectivity index (χ4n) is 2.10. The summed E-state index contributed by atoms with van der Waals surface area (Å²) < 4.78 is 0.987. The maximum atomic E-state index is 12.2. The predicted octanol–water partition coefficient (Wildman–Crippen LogP) is 4.63. The molecule has 3 nitrogen and oxygen atoms in total. The van der Waals surface area contributed by atoms with Crippen LogP contribution < -0.4 is 5.43 Å². The van der Waals surface area contributed by atoms with Crippen LogP contribution in [0.1, 0.15) is 20.8 Å². The van der Waals surface area contributed by atoms with E-state index < -0.39 is 0 Å². The molecule has 0 fully saturated rings. The first-order chi connectivity index (χ1) is 10.7. The molecule has 1 aromatic heterocycles. The Hall–Kier alpha value is -2.17. The van der Waals surface area contributed by atoms with E-state index in [4.69, 9.17) is 11.6 Å². The Morgan fingerprint density at radius 3 is 2.68 bits per heavy atom. The lowest BCUT2D eigenvalue weighted by atomic mass is 10.1. The van der Waals surface area contributed by atoms with Crippen LogP contribution in [0.5, 0.6) is 0 Å². The van der Waals surface area contributed by atoms with E-state index in [-0.39, 0.29) is 5.91 Å². The number of halogens is 1. The fraction of sp³-hybridized carbons (Fsp3) is 0.0588. The average molecular weight is 329 g/mol. The number of nitrogens with one attached hydrogen (secondary N) is 1. The van der Waals surface area contributed by atoms with E-state index in [2.05, 4.69) is 10.5 Å². The topological polar surface area (TPSA) is 41.5 Å². The van der Waals surface area contributed by atoms with Gasteiger partial charge in [-0.2, -0.15) is 5.10 Å². The molecule has 22 heavy (non-hydrogen) atoms. The molecule has 1 N–H and O–H groups in total. The molecule has 0 aliphatic carbocycles. The van der Waals surface area contributed by atoms with Crippen LogP contribution >= 0.6 is 22.9 Å². The van der Waals surface area contributed by atoms with Crippen LogP contribution in [-0.4, -0.2) is 12.1 Å². The molecular formula is C17H13ClN2OS. The van der Waals surface area contributed by atoms with E-state index in [1.54, 1.807) is 6.21 Å². The number of hydrogen-bond donors (Lipinski definition) is 1. The van der Waals surface area contributed by atoms with Crippen LogP contribution in [-0.2, 0) is 0 Å². The van der Waals surface area contributed by atoms with Gasteiger partial charge in [0.1, 0.15) is 4.88 Å². The minimum Gasteiger partial charge on any atom is -0.266 e. The van der Waals surface area contributed by atoms with Crippen LogP contribution in [0.3, 0.4) is 0 Å². The van der Waals surface area contributed by atoms with Crippen molar-refractivity contribution >= 4 is 45.1 Å². The average Bonchev–Trinajstić information content (AvgIpc) is 2.87. The van der Waals surface area contributed by atoms with Gasteiger partial charge >= 0.3 is 0 Å². The molecule has 1 heterocycles. The zero-order valence-electron chi connectivity index (χ0n) is 11.8. The molecule has 0 aliphatic rings. The molecule has 5 heteroatoms. The number of rotatable bonds is 3. The Balaban J connectivity index is 1.79. The van der Waals surface area contributed by atoms with Crippen LogP contribution in [0.2, 0.25) is 5.02 Å². The van der Waals surface area contributed by atoms with Crippen molar-refractivity contribution in [1.82, 2.24) is 5.43 Å². The molecule has 3 aromatic rings. The van der Waals surface area contributed by atoms with Crippen molar-refractivity contribution in [3.05, 3.63) is 69.6 Å². The molecule has 0 radical (unpaired) electrons. The normalized spacial score (nSPS) is 11.2. The Morgan fingerprint density at radius 1 is 1.18 bits per heavy atom. The summed E-state index contributed by atoms with van der Waals surface area (Å²) in [6.45, 7) is 1.99. The third-order valence-corrected chi connectivity index (χ3v) is 4.97. The summed E-state index contributed by atoms with van der Waals surface area (Å²) in [4.78, 5) is 12.7. The number of thiophene rings is 1. The summed E-state index contributed by atoms with van der Waals surface area (Å²) >= 11 is 7.63. The van der Waals surface area contributed by atoms with Gasteiger partial charge in [-0.3, -0.25) is 4.79 Å². The number of hydrogen-bond acceptors (Lipinski definition) is 3. The number of carbonyl (C=O) groups is 1. The highest BCUT2D eigenvalue weighted by Crippen LogP contribution is 2.34. The summed E-state index contributed by atoms with van der Waals surface area (Å²) in [6.07, 6.45) is 1.63. The van der Waals surface area contributed by atoms with E-state index in [0.717, 1.165) is 21.2 Å². The molecule has 0 atom stereocenters. The third-order valence-electron chi connectivity index (χ3n) is 3.30. The number of amides is 1. The van der Waals surface area contributed by atoms with Crippen molar-refractivity contribution in [3.63, 3.8) is 0 Å². The van der Waals surface area contributed by atoms with Gasteiger partial charge in [0, 0.05) is 10.1 Å². The Bertz CT molecular complexity index is 870. The molecule has 0 spiro atoms. The Kier molecular flexibility index (Phi) is 4.22. The Labute approximate surface area is 137 Å². The van der Waals surface area contributed by atoms with Crippen LogP contribution in [0.15, 0.2) is 53.6 Å². The fourth-order valence-corrected chi connectivity index (χ4v) is 3.51. The molecular weight excluding hydrogens is 316 g/mol. The first-order valence-electron chi connectivity index (χ1n) is 6.73. The zero-order valence-corrected chi connectivity index (χ0v) is 13.4. The molecule has 3 rings (SSSR count). The van der Waals surface area contributed by atoms with Crippen molar-refractivity contribution in [2.24, 2.45) is 5.10 Å². The van der Waals surface area contributed by atoms with E-state index in [1.807, 2.05) is 55.5 Å². The van der Waals surface area contributed by atoms with Gasteiger partial charge in [0.15, 0.2) is 0 Å². The molecule has 110 valence electrons. The van der Waals surface area contributed by atoms with Gasteiger partial charge in [-0.1, -0.05) is 54.1 Å². The minimum absolute atomic E-state index is 0.295. The maximum Gasteiger partial charge on any atom is 0.283 e. The summed E-state index contributed by atoms with van der Waals surface area (Å²) in [5.74, 6) is -0.295. The summed E-state index contributed by atoms with van der Waals surface area (Å²) in [5.41, 5.74) is 4.59. The van der Waals surface area contributed by atoms with Crippen LogP contribution in [0.4, 0.5) is 0 Å². The smallest absolute Gasteiger partial charge is 0.266 e. The maximum absolute atomic E-state index is 12.2. The van der Waals surface area contributed by atoms with Crippen LogP contribution in [0, 0.1) is 6.92 Å². The standard InChI is InChI=1S/C17H13ClN2OS/c1-11-6-2-3-7-12(11)10-19-20-17(21)16-15(18)13-8-4-5-9-14(13)22-16/h2-10H,1H3,(H,20,21)/b19-10-. The lowest BCUT2D eigenvalue weighted by Crippen LogP contribution is -2.16. The second kappa shape index (κ2) is 6.30. The largest absolute Gasteiger partial charge is 0.283 e. The molecule has 2 aromatic carbocycles. The van der Waals surface area contributed by atoms with Crippen molar-refractivity contribution < 1.29 is 4.79 Å². The highest BCUT2D eigenvalue weighted by molar-refractivity contribution is 7.21. The molecule has 0 saturated heterocycles. The van der Waals surface area contributed by atoms with Gasteiger partial charge in [0.2, 0.25) is 0 Å². The lowest BCUT2D eigenvalue weighted by molar-refractivity contribution is 0.0959. The van der Waals surface area contributed by atoms with E-state index >= 15 is 0 Å². The van der Waals surface area contributed by atoms with Gasteiger partial charge in [0.05, 0.1) is 11.2 Å².